The summed E-state index contributed by atoms with van der Waals surface area (Å²) in [4.78, 5) is 0. The maximum atomic E-state index is 9.83. The number of aliphatic hydroxyl groups excluding tert-OH is 1. The van der Waals surface area contributed by atoms with E-state index in [0.717, 1.165) is 38.5 Å². The lowest BCUT2D eigenvalue weighted by atomic mass is 9.95. The van der Waals surface area contributed by atoms with Crippen LogP contribution in [-0.4, -0.2) is 21.9 Å². The Morgan fingerprint density at radius 2 is 1.91 bits per heavy atom. The second-order valence-electron chi connectivity index (χ2n) is 3.82. The Morgan fingerprint density at radius 1 is 1.36 bits per heavy atom. The van der Waals surface area contributed by atoms with E-state index in [4.69, 9.17) is 5.11 Å². The summed E-state index contributed by atoms with van der Waals surface area (Å²) in [5.41, 5.74) is -0.434. The van der Waals surface area contributed by atoms with Gasteiger partial charge in [0.2, 0.25) is 0 Å². The molecule has 1 aliphatic carbocycles. The Labute approximate surface area is 68.2 Å². The average Bonchev–Trinajstić information content (AvgIpc) is 2.33. The van der Waals surface area contributed by atoms with Crippen molar-refractivity contribution in [1.29, 1.82) is 0 Å². The Kier molecular flexibility index (Phi) is 2.90. The Balaban J connectivity index is 2.23. The molecule has 2 nitrogen and oxygen atoms in total. The average molecular weight is 158 g/mol. The summed E-state index contributed by atoms with van der Waals surface area (Å²) < 4.78 is 0. The van der Waals surface area contributed by atoms with Crippen LogP contribution in [0.1, 0.15) is 45.4 Å². The van der Waals surface area contributed by atoms with Gasteiger partial charge in [-0.1, -0.05) is 12.8 Å². The van der Waals surface area contributed by atoms with E-state index in [9.17, 15) is 5.11 Å². The van der Waals surface area contributed by atoms with Crippen LogP contribution in [0.3, 0.4) is 0 Å². The first-order valence-corrected chi connectivity index (χ1v) is 4.53. The van der Waals surface area contributed by atoms with Crippen molar-refractivity contribution in [2.45, 2.75) is 57.2 Å². The molecule has 0 spiro atoms. The molecule has 2 heteroatoms. The van der Waals surface area contributed by atoms with Gasteiger partial charge in [-0.05, 0) is 32.6 Å². The van der Waals surface area contributed by atoms with Gasteiger partial charge in [-0.2, -0.15) is 0 Å². The summed E-state index contributed by atoms with van der Waals surface area (Å²) in [6, 6.07) is 0. The smallest absolute Gasteiger partial charge is 0.0648 e. The Morgan fingerprint density at radius 3 is 2.36 bits per heavy atom. The molecule has 66 valence electrons. The summed E-state index contributed by atoms with van der Waals surface area (Å²) in [6.07, 6.45) is 5.40. The minimum absolute atomic E-state index is 0.264. The quantitative estimate of drug-likeness (QED) is 0.652. The molecule has 0 saturated heterocycles. The lowest BCUT2D eigenvalue weighted by Crippen LogP contribution is -2.25. The first-order chi connectivity index (χ1) is 5.12. The van der Waals surface area contributed by atoms with Crippen molar-refractivity contribution in [2.75, 3.05) is 0 Å². The van der Waals surface area contributed by atoms with Crippen LogP contribution in [0.25, 0.3) is 0 Å². The molecule has 0 radical (unpaired) electrons. The van der Waals surface area contributed by atoms with Crippen LogP contribution in [-0.2, 0) is 0 Å². The normalized spacial score (nSPS) is 25.4. The molecule has 0 amide bonds. The topological polar surface area (TPSA) is 40.5 Å². The summed E-state index contributed by atoms with van der Waals surface area (Å²) >= 11 is 0. The second kappa shape index (κ2) is 3.55. The lowest BCUT2D eigenvalue weighted by molar-refractivity contribution is 0.0240. The van der Waals surface area contributed by atoms with E-state index in [0.29, 0.717) is 0 Å². The zero-order valence-corrected chi connectivity index (χ0v) is 7.21. The fourth-order valence-corrected chi connectivity index (χ4v) is 1.76. The van der Waals surface area contributed by atoms with Crippen molar-refractivity contribution in [3.8, 4) is 0 Å². The van der Waals surface area contributed by atoms with Crippen LogP contribution in [0.4, 0.5) is 0 Å². The zero-order valence-electron chi connectivity index (χ0n) is 7.21. The zero-order chi connectivity index (χ0) is 8.32. The lowest BCUT2D eigenvalue weighted by Gasteiger charge is -2.22. The van der Waals surface area contributed by atoms with Crippen LogP contribution in [0.5, 0.6) is 0 Å². The molecule has 1 aliphatic rings. The summed E-state index contributed by atoms with van der Waals surface area (Å²) in [6.45, 7) is 1.78. The van der Waals surface area contributed by atoms with Crippen molar-refractivity contribution in [2.24, 2.45) is 0 Å². The molecule has 1 rings (SSSR count). The molecule has 1 unspecified atom stereocenters. The number of rotatable bonds is 3. The van der Waals surface area contributed by atoms with Crippen molar-refractivity contribution in [3.63, 3.8) is 0 Å². The summed E-state index contributed by atoms with van der Waals surface area (Å²) in [5.74, 6) is 0. The van der Waals surface area contributed by atoms with E-state index < -0.39 is 5.60 Å². The summed E-state index contributed by atoms with van der Waals surface area (Å²) in [7, 11) is 0. The van der Waals surface area contributed by atoms with Crippen LogP contribution in [0, 0.1) is 0 Å². The molecule has 0 aromatic heterocycles. The predicted octanol–water partition coefficient (Wildman–Crippen LogP) is 1.45. The summed E-state index contributed by atoms with van der Waals surface area (Å²) in [5, 5.41) is 18.8. The first kappa shape index (κ1) is 9.01. The van der Waals surface area contributed by atoms with E-state index in [1.807, 2.05) is 0 Å². The minimum atomic E-state index is -0.434. The van der Waals surface area contributed by atoms with Gasteiger partial charge in [-0.3, -0.25) is 0 Å². The Hall–Kier alpha value is -0.0800. The third-order valence-electron chi connectivity index (χ3n) is 2.56. The third-order valence-corrected chi connectivity index (χ3v) is 2.56. The van der Waals surface area contributed by atoms with Crippen LogP contribution in [0.15, 0.2) is 0 Å². The largest absolute Gasteiger partial charge is 0.393 e. The van der Waals surface area contributed by atoms with E-state index in [1.54, 1.807) is 6.92 Å². The Bertz CT molecular complexity index is 115. The molecule has 1 atom stereocenters. The standard InChI is InChI=1S/C9H18O2/c1-8(10)4-7-9(11)5-2-3-6-9/h8,10-11H,2-7H2,1H3. The van der Waals surface area contributed by atoms with E-state index in [2.05, 4.69) is 0 Å². The van der Waals surface area contributed by atoms with Crippen molar-refractivity contribution in [1.82, 2.24) is 0 Å². The second-order valence-corrected chi connectivity index (χ2v) is 3.82. The fourth-order valence-electron chi connectivity index (χ4n) is 1.76. The van der Waals surface area contributed by atoms with Crippen LogP contribution >= 0.6 is 0 Å². The van der Waals surface area contributed by atoms with Crippen LogP contribution < -0.4 is 0 Å². The molecule has 1 saturated carbocycles. The predicted molar refractivity (Wildman–Crippen MR) is 44.3 cm³/mol. The monoisotopic (exact) mass is 158 g/mol. The van der Waals surface area contributed by atoms with Gasteiger partial charge in [0.1, 0.15) is 0 Å². The van der Waals surface area contributed by atoms with Gasteiger partial charge >= 0.3 is 0 Å². The van der Waals surface area contributed by atoms with Gasteiger partial charge in [0, 0.05) is 0 Å². The number of hydrogen-bond donors (Lipinski definition) is 2. The van der Waals surface area contributed by atoms with Crippen LogP contribution in [0.2, 0.25) is 0 Å². The van der Waals surface area contributed by atoms with Crippen molar-refractivity contribution in [3.05, 3.63) is 0 Å². The van der Waals surface area contributed by atoms with E-state index in [-0.39, 0.29) is 6.10 Å². The highest BCUT2D eigenvalue weighted by Crippen LogP contribution is 2.33. The maximum Gasteiger partial charge on any atom is 0.0648 e. The molecular formula is C9H18O2. The molecule has 0 heterocycles. The number of aliphatic hydroxyl groups is 2. The van der Waals surface area contributed by atoms with E-state index in [1.165, 1.54) is 0 Å². The first-order valence-electron chi connectivity index (χ1n) is 4.53. The van der Waals surface area contributed by atoms with Gasteiger partial charge in [-0.15, -0.1) is 0 Å². The van der Waals surface area contributed by atoms with Gasteiger partial charge in [0.25, 0.3) is 0 Å². The highest BCUT2D eigenvalue weighted by molar-refractivity contribution is 4.84. The molecule has 0 aromatic carbocycles. The SMILES string of the molecule is CC(O)CCC1(O)CCCC1. The molecular weight excluding hydrogens is 140 g/mol. The molecule has 11 heavy (non-hydrogen) atoms. The minimum Gasteiger partial charge on any atom is -0.393 e. The molecule has 2 N–H and O–H groups in total. The third kappa shape index (κ3) is 2.80. The van der Waals surface area contributed by atoms with Gasteiger partial charge in [-0.25, -0.2) is 0 Å². The van der Waals surface area contributed by atoms with Gasteiger partial charge < -0.3 is 10.2 Å². The highest BCUT2D eigenvalue weighted by atomic mass is 16.3. The fraction of sp³-hybridized carbons (Fsp3) is 1.00. The van der Waals surface area contributed by atoms with Crippen molar-refractivity contribution < 1.29 is 10.2 Å². The van der Waals surface area contributed by atoms with Gasteiger partial charge in [0.15, 0.2) is 0 Å². The highest BCUT2D eigenvalue weighted by Gasteiger charge is 2.30. The van der Waals surface area contributed by atoms with Crippen molar-refractivity contribution >= 4 is 0 Å². The molecule has 0 bridgehead atoms. The van der Waals surface area contributed by atoms with Gasteiger partial charge in [0.05, 0.1) is 11.7 Å². The maximum absolute atomic E-state index is 9.83. The molecule has 1 fully saturated rings. The molecule has 0 aliphatic heterocycles. The van der Waals surface area contributed by atoms with E-state index >= 15 is 0 Å². The number of hydrogen-bond acceptors (Lipinski definition) is 2. The molecule has 0 aromatic rings.